The molecular weight excluding hydrogens is 482 g/mol. The summed E-state index contributed by atoms with van der Waals surface area (Å²) < 4.78 is 44.9. The van der Waals surface area contributed by atoms with Gasteiger partial charge in [0.1, 0.15) is 22.9 Å². The van der Waals surface area contributed by atoms with Crippen molar-refractivity contribution in [1.82, 2.24) is 10.2 Å². The molecular formula is C28H32F2N2O5. The van der Waals surface area contributed by atoms with E-state index in [9.17, 15) is 18.4 Å². The Kier molecular flexibility index (Phi) is 6.96. The molecule has 37 heavy (non-hydrogen) atoms. The number of hydrogen-bond donors (Lipinski definition) is 1. The number of halogens is 2. The summed E-state index contributed by atoms with van der Waals surface area (Å²) in [7, 11) is 2.88. The molecule has 1 spiro atoms. The van der Waals surface area contributed by atoms with Gasteiger partial charge in [-0.2, -0.15) is 0 Å². The molecule has 2 aromatic carbocycles. The predicted molar refractivity (Wildman–Crippen MR) is 132 cm³/mol. The van der Waals surface area contributed by atoms with E-state index in [0.717, 1.165) is 25.0 Å². The van der Waals surface area contributed by atoms with Gasteiger partial charge >= 0.3 is 0 Å². The Balaban J connectivity index is 1.21. The lowest BCUT2D eigenvalue weighted by Crippen LogP contribution is -2.59. The van der Waals surface area contributed by atoms with Crippen LogP contribution in [0.5, 0.6) is 17.2 Å². The lowest BCUT2D eigenvalue weighted by molar-refractivity contribution is -0.00246. The first-order valence-electron chi connectivity index (χ1n) is 12.8. The van der Waals surface area contributed by atoms with Gasteiger partial charge in [0.25, 0.3) is 11.8 Å². The Morgan fingerprint density at radius 1 is 0.973 bits per heavy atom. The van der Waals surface area contributed by atoms with Crippen LogP contribution < -0.4 is 19.5 Å². The molecule has 1 aliphatic heterocycles. The molecule has 2 aromatic rings. The quantitative estimate of drug-likeness (QED) is 0.558. The number of carbonyl (C=O) groups excluding carboxylic acids is 2. The van der Waals surface area contributed by atoms with Gasteiger partial charge in [0.05, 0.1) is 20.8 Å². The highest BCUT2D eigenvalue weighted by molar-refractivity contribution is 5.96. The van der Waals surface area contributed by atoms with E-state index in [1.807, 2.05) is 4.90 Å². The molecule has 1 atom stereocenters. The summed E-state index contributed by atoms with van der Waals surface area (Å²) in [5.41, 5.74) is -0.231. The van der Waals surface area contributed by atoms with Gasteiger partial charge in [-0.05, 0) is 68.1 Å². The molecule has 2 amide bonds. The normalized spacial score (nSPS) is 20.2. The first kappa shape index (κ1) is 25.3. The Morgan fingerprint density at radius 3 is 2.24 bits per heavy atom. The maximum absolute atomic E-state index is 14.4. The number of hydrogen-bond acceptors (Lipinski definition) is 5. The van der Waals surface area contributed by atoms with E-state index in [1.165, 1.54) is 20.0 Å². The third-order valence-corrected chi connectivity index (χ3v) is 8.08. The van der Waals surface area contributed by atoms with Gasteiger partial charge in [0, 0.05) is 36.8 Å². The number of amides is 2. The second-order valence-corrected chi connectivity index (χ2v) is 10.3. The van der Waals surface area contributed by atoms with Gasteiger partial charge < -0.3 is 24.4 Å². The number of benzene rings is 2. The van der Waals surface area contributed by atoms with Gasteiger partial charge in [-0.25, -0.2) is 8.78 Å². The van der Waals surface area contributed by atoms with Crippen molar-refractivity contribution in [1.29, 1.82) is 0 Å². The average Bonchev–Trinajstić information content (AvgIpc) is 3.73. The summed E-state index contributed by atoms with van der Waals surface area (Å²) in [6, 6.07) is 7.07. The average molecular weight is 515 g/mol. The maximum Gasteiger partial charge on any atom is 0.257 e. The van der Waals surface area contributed by atoms with Crippen LogP contribution in [0.1, 0.15) is 59.2 Å². The van der Waals surface area contributed by atoms with Crippen molar-refractivity contribution >= 4 is 11.8 Å². The van der Waals surface area contributed by atoms with Crippen LogP contribution in [-0.2, 0) is 0 Å². The largest absolute Gasteiger partial charge is 0.497 e. The predicted octanol–water partition coefficient (Wildman–Crippen LogP) is 4.59. The molecule has 3 aliphatic rings. The summed E-state index contributed by atoms with van der Waals surface area (Å²) in [6.07, 6.45) is 5.38. The Bertz CT molecular complexity index is 1170. The van der Waals surface area contributed by atoms with Crippen molar-refractivity contribution < 1.29 is 32.6 Å². The fraction of sp³-hybridized carbons (Fsp3) is 0.500. The Hall–Kier alpha value is -3.36. The Labute approximate surface area is 215 Å². The minimum absolute atomic E-state index is 0.0159. The summed E-state index contributed by atoms with van der Waals surface area (Å²) in [4.78, 5) is 27.8. The van der Waals surface area contributed by atoms with Gasteiger partial charge in [-0.15, -0.1) is 0 Å². The minimum Gasteiger partial charge on any atom is -0.497 e. The molecule has 7 nitrogen and oxygen atoms in total. The molecule has 1 saturated heterocycles. The summed E-state index contributed by atoms with van der Waals surface area (Å²) in [6.45, 7) is 1.71. The highest BCUT2D eigenvalue weighted by Gasteiger charge is 2.49. The molecule has 2 aliphatic carbocycles. The van der Waals surface area contributed by atoms with Crippen molar-refractivity contribution in [2.75, 3.05) is 33.9 Å². The molecule has 0 aromatic heterocycles. The zero-order valence-electron chi connectivity index (χ0n) is 21.1. The van der Waals surface area contributed by atoms with Crippen molar-refractivity contribution in [3.63, 3.8) is 0 Å². The van der Waals surface area contributed by atoms with Crippen molar-refractivity contribution in [2.45, 2.75) is 44.6 Å². The van der Waals surface area contributed by atoms with Crippen LogP contribution in [-0.4, -0.2) is 56.7 Å². The standard InChI is InChI=1S/C28H32F2N2O5/c1-35-19-14-20(29)25(21(30)15-19)26(33)31-24-7-8-28(24)9-11-32(12-10-28)27(34)18-5-6-22(36-2)23(13-18)37-16-17-3-4-17/h5-6,13-15,17,24H,3-4,7-12,16H2,1-2H3,(H,31,33). The van der Waals surface area contributed by atoms with Gasteiger partial charge in [0.2, 0.25) is 0 Å². The van der Waals surface area contributed by atoms with Crippen LogP contribution in [0.25, 0.3) is 0 Å². The third-order valence-electron chi connectivity index (χ3n) is 8.08. The second kappa shape index (κ2) is 10.2. The molecule has 3 fully saturated rings. The number of piperidine rings is 1. The molecule has 9 heteroatoms. The van der Waals surface area contributed by atoms with Crippen LogP contribution in [0.4, 0.5) is 8.78 Å². The number of nitrogens with one attached hydrogen (secondary N) is 1. The van der Waals surface area contributed by atoms with E-state index < -0.39 is 23.1 Å². The molecule has 1 N–H and O–H groups in total. The number of methoxy groups -OCH3 is 2. The summed E-state index contributed by atoms with van der Waals surface area (Å²) in [5.74, 6) is -0.973. The van der Waals surface area contributed by atoms with Crippen LogP contribution in [0.15, 0.2) is 30.3 Å². The minimum atomic E-state index is -0.955. The van der Waals surface area contributed by atoms with Gasteiger partial charge in [0.15, 0.2) is 11.5 Å². The number of likely N-dealkylation sites (tertiary alicyclic amines) is 1. The number of rotatable bonds is 8. The number of nitrogens with zero attached hydrogens (tertiary/aromatic N) is 1. The highest BCUT2D eigenvalue weighted by atomic mass is 19.1. The zero-order valence-corrected chi connectivity index (χ0v) is 21.1. The second-order valence-electron chi connectivity index (χ2n) is 10.3. The molecule has 1 heterocycles. The monoisotopic (exact) mass is 514 g/mol. The zero-order chi connectivity index (χ0) is 26.2. The van der Waals surface area contributed by atoms with Gasteiger partial charge in [-0.1, -0.05) is 0 Å². The molecule has 0 radical (unpaired) electrons. The summed E-state index contributed by atoms with van der Waals surface area (Å²) >= 11 is 0. The van der Waals surface area contributed by atoms with Crippen molar-refractivity contribution in [3.8, 4) is 17.2 Å². The summed E-state index contributed by atoms with van der Waals surface area (Å²) in [5, 5.41) is 2.84. The smallest absolute Gasteiger partial charge is 0.257 e. The van der Waals surface area contributed by atoms with E-state index in [1.54, 1.807) is 25.3 Å². The lowest BCUT2D eigenvalue weighted by Gasteiger charge is -2.54. The fourth-order valence-electron chi connectivity index (χ4n) is 5.39. The number of ether oxygens (including phenoxy) is 3. The van der Waals surface area contributed by atoms with Crippen LogP contribution >= 0.6 is 0 Å². The highest BCUT2D eigenvalue weighted by Crippen LogP contribution is 2.49. The van der Waals surface area contributed by atoms with Crippen molar-refractivity contribution in [2.24, 2.45) is 11.3 Å². The lowest BCUT2D eigenvalue weighted by atomic mass is 9.59. The molecule has 198 valence electrons. The van der Waals surface area contributed by atoms with Crippen LogP contribution in [0.2, 0.25) is 0 Å². The van der Waals surface area contributed by atoms with E-state index in [4.69, 9.17) is 14.2 Å². The molecule has 0 bridgehead atoms. The van der Waals surface area contributed by atoms with Crippen molar-refractivity contribution in [3.05, 3.63) is 53.1 Å². The maximum atomic E-state index is 14.4. The van der Waals surface area contributed by atoms with Gasteiger partial charge in [-0.3, -0.25) is 9.59 Å². The Morgan fingerprint density at radius 2 is 1.68 bits per heavy atom. The topological polar surface area (TPSA) is 77.1 Å². The third kappa shape index (κ3) is 5.08. The van der Waals surface area contributed by atoms with E-state index in [2.05, 4.69) is 5.32 Å². The van der Waals surface area contributed by atoms with Crippen LogP contribution in [0, 0.1) is 23.0 Å². The number of carbonyl (C=O) groups is 2. The molecule has 5 rings (SSSR count). The molecule has 1 unspecified atom stereocenters. The van der Waals surface area contributed by atoms with E-state index in [-0.39, 0.29) is 23.1 Å². The van der Waals surface area contributed by atoms with E-state index in [0.29, 0.717) is 55.5 Å². The van der Waals surface area contributed by atoms with Crippen LogP contribution in [0.3, 0.4) is 0 Å². The fourth-order valence-corrected chi connectivity index (χ4v) is 5.39. The molecule has 2 saturated carbocycles. The first-order chi connectivity index (χ1) is 17.8. The SMILES string of the molecule is COc1cc(F)c(C(=O)NC2CCC23CCN(C(=O)c2ccc(OC)c(OCC4CC4)c2)CC3)c(F)c1. The van der Waals surface area contributed by atoms with E-state index >= 15 is 0 Å². The first-order valence-corrected chi connectivity index (χ1v) is 12.8.